The van der Waals surface area contributed by atoms with E-state index in [-0.39, 0.29) is 11.8 Å². The molecular formula is C15H14N2O. The van der Waals surface area contributed by atoms with Gasteiger partial charge in [-0.25, -0.2) is 0 Å². The quantitative estimate of drug-likeness (QED) is 0.805. The van der Waals surface area contributed by atoms with E-state index >= 15 is 0 Å². The van der Waals surface area contributed by atoms with Crippen molar-refractivity contribution in [3.05, 3.63) is 42.0 Å². The van der Waals surface area contributed by atoms with Crippen LogP contribution in [0, 0.1) is 29.1 Å². The molecule has 1 saturated carbocycles. The normalized spacial score (nSPS) is 28.1. The molecule has 0 radical (unpaired) electrons. The van der Waals surface area contributed by atoms with Gasteiger partial charge in [0.1, 0.15) is 0 Å². The summed E-state index contributed by atoms with van der Waals surface area (Å²) in [5, 5.41) is 11.6. The number of amides is 1. The number of carbonyl (C=O) groups is 1. The van der Waals surface area contributed by atoms with Crippen molar-refractivity contribution in [2.24, 2.45) is 17.8 Å². The van der Waals surface area contributed by atoms with Crippen LogP contribution in [0.4, 0.5) is 5.69 Å². The Morgan fingerprint density at radius 3 is 2.56 bits per heavy atom. The van der Waals surface area contributed by atoms with Crippen LogP contribution in [-0.4, -0.2) is 5.91 Å². The largest absolute Gasteiger partial charge is 0.326 e. The molecule has 3 unspecified atom stereocenters. The van der Waals surface area contributed by atoms with E-state index in [1.165, 1.54) is 0 Å². The molecule has 2 bridgehead atoms. The molecule has 1 fully saturated rings. The number of benzene rings is 1. The summed E-state index contributed by atoms with van der Waals surface area (Å²) >= 11 is 0. The van der Waals surface area contributed by atoms with E-state index in [0.717, 1.165) is 18.5 Å². The van der Waals surface area contributed by atoms with Crippen LogP contribution in [0.15, 0.2) is 36.4 Å². The SMILES string of the molecule is N#Cc1ccc(NC(=O)C2CC3C=CC2C3)cc1. The molecule has 0 aromatic heterocycles. The number of rotatable bonds is 2. The van der Waals surface area contributed by atoms with Gasteiger partial charge in [0.25, 0.3) is 0 Å². The Morgan fingerprint density at radius 2 is 2.00 bits per heavy atom. The number of allylic oxidation sites excluding steroid dienone is 2. The number of hydrogen-bond acceptors (Lipinski definition) is 2. The number of nitriles is 1. The average molecular weight is 238 g/mol. The Labute approximate surface area is 106 Å². The molecule has 3 nitrogen and oxygen atoms in total. The lowest BCUT2D eigenvalue weighted by atomic mass is 9.93. The third-order valence-corrected chi connectivity index (χ3v) is 3.90. The van der Waals surface area contributed by atoms with Crippen LogP contribution >= 0.6 is 0 Å². The Kier molecular flexibility index (Phi) is 2.64. The molecule has 0 aliphatic heterocycles. The van der Waals surface area contributed by atoms with Gasteiger partial charge in [0.15, 0.2) is 0 Å². The molecule has 1 N–H and O–H groups in total. The highest BCUT2D eigenvalue weighted by Crippen LogP contribution is 2.43. The van der Waals surface area contributed by atoms with Crippen LogP contribution in [0.25, 0.3) is 0 Å². The third-order valence-electron chi connectivity index (χ3n) is 3.90. The van der Waals surface area contributed by atoms with Crippen molar-refractivity contribution in [3.63, 3.8) is 0 Å². The summed E-state index contributed by atoms with van der Waals surface area (Å²) in [4.78, 5) is 12.1. The van der Waals surface area contributed by atoms with E-state index in [9.17, 15) is 4.79 Å². The molecule has 0 spiro atoms. The summed E-state index contributed by atoms with van der Waals surface area (Å²) in [6.45, 7) is 0. The molecule has 0 heterocycles. The molecule has 0 saturated heterocycles. The van der Waals surface area contributed by atoms with Crippen molar-refractivity contribution < 1.29 is 4.79 Å². The smallest absolute Gasteiger partial charge is 0.228 e. The Hall–Kier alpha value is -2.08. The highest BCUT2D eigenvalue weighted by Gasteiger charge is 2.39. The molecule has 1 aromatic rings. The molecule has 3 heteroatoms. The summed E-state index contributed by atoms with van der Waals surface area (Å²) in [5.41, 5.74) is 1.38. The highest BCUT2D eigenvalue weighted by atomic mass is 16.1. The van der Waals surface area contributed by atoms with Crippen molar-refractivity contribution >= 4 is 11.6 Å². The van der Waals surface area contributed by atoms with Gasteiger partial charge in [-0.2, -0.15) is 5.26 Å². The fourth-order valence-electron chi connectivity index (χ4n) is 2.95. The molecule has 1 amide bonds. The summed E-state index contributed by atoms with van der Waals surface area (Å²) in [6.07, 6.45) is 6.52. The van der Waals surface area contributed by atoms with Crippen LogP contribution < -0.4 is 5.32 Å². The standard InChI is InChI=1S/C15H14N2O/c16-9-10-2-5-13(6-3-10)17-15(18)14-8-11-1-4-12(14)7-11/h1-6,11-12,14H,7-8H2,(H,17,18). The zero-order valence-electron chi connectivity index (χ0n) is 9.97. The first-order valence-electron chi connectivity index (χ1n) is 6.25. The van der Waals surface area contributed by atoms with Gasteiger partial charge in [0.2, 0.25) is 5.91 Å². The number of nitrogens with zero attached hydrogens (tertiary/aromatic N) is 1. The van der Waals surface area contributed by atoms with E-state index in [1.807, 2.05) is 0 Å². The summed E-state index contributed by atoms with van der Waals surface area (Å²) in [7, 11) is 0. The van der Waals surface area contributed by atoms with E-state index < -0.39 is 0 Å². The zero-order chi connectivity index (χ0) is 12.5. The van der Waals surface area contributed by atoms with Gasteiger partial charge in [0.05, 0.1) is 11.6 Å². The summed E-state index contributed by atoms with van der Waals surface area (Å²) in [6, 6.07) is 9.05. The van der Waals surface area contributed by atoms with Crippen LogP contribution in [-0.2, 0) is 4.79 Å². The maximum atomic E-state index is 12.1. The van der Waals surface area contributed by atoms with Gasteiger partial charge >= 0.3 is 0 Å². The first-order chi connectivity index (χ1) is 8.76. The molecule has 1 aromatic carbocycles. The lowest BCUT2D eigenvalue weighted by Gasteiger charge is -2.17. The van der Waals surface area contributed by atoms with Crippen LogP contribution in [0.1, 0.15) is 18.4 Å². The van der Waals surface area contributed by atoms with Gasteiger partial charge in [-0.3, -0.25) is 4.79 Å². The molecule has 3 rings (SSSR count). The van der Waals surface area contributed by atoms with Gasteiger partial charge in [-0.05, 0) is 48.9 Å². The Bertz CT molecular complexity index is 539. The lowest BCUT2D eigenvalue weighted by Crippen LogP contribution is -2.25. The summed E-state index contributed by atoms with van der Waals surface area (Å²) in [5.74, 6) is 1.26. The summed E-state index contributed by atoms with van der Waals surface area (Å²) < 4.78 is 0. The van der Waals surface area contributed by atoms with Crippen molar-refractivity contribution in [1.82, 2.24) is 0 Å². The zero-order valence-corrected chi connectivity index (χ0v) is 9.97. The van der Waals surface area contributed by atoms with Crippen molar-refractivity contribution in [1.29, 1.82) is 5.26 Å². The second kappa shape index (κ2) is 4.30. The molecule has 3 atom stereocenters. The number of carbonyl (C=O) groups excluding carboxylic acids is 1. The van der Waals surface area contributed by atoms with Gasteiger partial charge in [-0.15, -0.1) is 0 Å². The van der Waals surface area contributed by atoms with Crippen LogP contribution in [0.3, 0.4) is 0 Å². The number of nitrogens with one attached hydrogen (secondary N) is 1. The maximum Gasteiger partial charge on any atom is 0.228 e. The van der Waals surface area contributed by atoms with E-state index in [1.54, 1.807) is 24.3 Å². The van der Waals surface area contributed by atoms with Crippen LogP contribution in [0.5, 0.6) is 0 Å². The Balaban J connectivity index is 1.67. The van der Waals surface area contributed by atoms with E-state index in [0.29, 0.717) is 17.4 Å². The Morgan fingerprint density at radius 1 is 1.22 bits per heavy atom. The number of hydrogen-bond donors (Lipinski definition) is 1. The minimum atomic E-state index is 0.108. The fraction of sp³-hybridized carbons (Fsp3) is 0.333. The molecule has 2 aliphatic rings. The van der Waals surface area contributed by atoms with Crippen molar-refractivity contribution in [3.8, 4) is 6.07 Å². The monoisotopic (exact) mass is 238 g/mol. The minimum Gasteiger partial charge on any atom is -0.326 e. The lowest BCUT2D eigenvalue weighted by molar-refractivity contribution is -0.120. The minimum absolute atomic E-state index is 0.108. The highest BCUT2D eigenvalue weighted by molar-refractivity contribution is 5.93. The average Bonchev–Trinajstić information content (AvgIpc) is 3.02. The van der Waals surface area contributed by atoms with E-state index in [2.05, 4.69) is 23.5 Å². The second-order valence-corrected chi connectivity index (χ2v) is 5.07. The number of anilines is 1. The van der Waals surface area contributed by atoms with E-state index in [4.69, 9.17) is 5.26 Å². The van der Waals surface area contributed by atoms with Gasteiger partial charge in [-0.1, -0.05) is 12.2 Å². The maximum absolute atomic E-state index is 12.1. The van der Waals surface area contributed by atoms with Gasteiger partial charge < -0.3 is 5.32 Å². The molecule has 90 valence electrons. The fourth-order valence-corrected chi connectivity index (χ4v) is 2.95. The molecule has 18 heavy (non-hydrogen) atoms. The topological polar surface area (TPSA) is 52.9 Å². The van der Waals surface area contributed by atoms with Crippen molar-refractivity contribution in [2.75, 3.05) is 5.32 Å². The predicted octanol–water partition coefficient (Wildman–Crippen LogP) is 2.71. The van der Waals surface area contributed by atoms with Crippen molar-refractivity contribution in [2.45, 2.75) is 12.8 Å². The number of fused-ring (bicyclic) bond motifs is 2. The first-order valence-corrected chi connectivity index (χ1v) is 6.25. The predicted molar refractivity (Wildman–Crippen MR) is 68.6 cm³/mol. The molecule has 2 aliphatic carbocycles. The van der Waals surface area contributed by atoms with Gasteiger partial charge in [0, 0.05) is 11.6 Å². The molecular weight excluding hydrogens is 224 g/mol. The second-order valence-electron chi connectivity index (χ2n) is 5.07. The first kappa shape index (κ1) is 11.0. The van der Waals surface area contributed by atoms with Crippen LogP contribution in [0.2, 0.25) is 0 Å². The third kappa shape index (κ3) is 1.91.